The fourth-order valence-electron chi connectivity index (χ4n) is 4.06. The fourth-order valence-corrected chi connectivity index (χ4v) is 5.29. The van der Waals surface area contributed by atoms with E-state index in [0.29, 0.717) is 31.0 Å². The number of fused-ring (bicyclic) bond motifs is 2. The maximum atomic E-state index is 13.5. The monoisotopic (exact) mass is 493 g/mol. The van der Waals surface area contributed by atoms with Crippen molar-refractivity contribution in [1.82, 2.24) is 4.90 Å². The third-order valence-electron chi connectivity index (χ3n) is 5.81. The summed E-state index contributed by atoms with van der Waals surface area (Å²) in [6, 6.07) is 7.76. The Balaban J connectivity index is 1.65. The van der Waals surface area contributed by atoms with Crippen LogP contribution in [-0.2, 0) is 22.5 Å². The van der Waals surface area contributed by atoms with Gasteiger partial charge < -0.3 is 23.8 Å². The summed E-state index contributed by atoms with van der Waals surface area (Å²) < 4.78 is 22.4. The van der Waals surface area contributed by atoms with Crippen molar-refractivity contribution < 1.29 is 23.7 Å². The number of hydrogen-bond donors (Lipinski definition) is 0. The van der Waals surface area contributed by atoms with Crippen LogP contribution in [0.4, 0.5) is 0 Å². The average Bonchev–Trinajstić information content (AvgIpc) is 3.21. The van der Waals surface area contributed by atoms with Crippen LogP contribution in [-0.4, -0.2) is 44.6 Å². The molecule has 2 aromatic rings. The van der Waals surface area contributed by atoms with Crippen LogP contribution < -0.4 is 18.9 Å². The lowest BCUT2D eigenvalue weighted by molar-refractivity contribution is -0.135. The molecule has 0 aromatic heterocycles. The summed E-state index contributed by atoms with van der Waals surface area (Å²) in [6.45, 7) is 3.27. The van der Waals surface area contributed by atoms with Crippen molar-refractivity contribution in [3.8, 4) is 23.0 Å². The molecule has 30 heavy (non-hydrogen) atoms. The largest absolute Gasteiger partial charge is 0.493 e. The third kappa shape index (κ3) is 3.39. The molecular formula is C22H24BrNO5S. The summed E-state index contributed by atoms with van der Waals surface area (Å²) in [4.78, 5) is 15.4. The molecule has 2 heterocycles. The predicted octanol–water partition coefficient (Wildman–Crippen LogP) is 4.36. The summed E-state index contributed by atoms with van der Waals surface area (Å²) in [5, 5.41) is 0. The van der Waals surface area contributed by atoms with Gasteiger partial charge in [-0.2, -0.15) is 0 Å². The minimum Gasteiger partial charge on any atom is -0.493 e. The number of carbonyl (C=O) groups is 1. The highest BCUT2D eigenvalue weighted by molar-refractivity contribution is 9.10. The number of nitrogens with zero attached hydrogens (tertiary/aromatic N) is 1. The van der Waals surface area contributed by atoms with Gasteiger partial charge in [0, 0.05) is 23.1 Å². The van der Waals surface area contributed by atoms with Crippen LogP contribution in [0.25, 0.3) is 0 Å². The second-order valence-electron chi connectivity index (χ2n) is 7.34. The zero-order valence-corrected chi connectivity index (χ0v) is 19.8. The number of amides is 1. The second-order valence-corrected chi connectivity index (χ2v) is 9.42. The summed E-state index contributed by atoms with van der Waals surface area (Å²) in [5.74, 6) is 2.94. The molecule has 1 atom stereocenters. The molecule has 0 N–H and O–H groups in total. The Morgan fingerprint density at radius 2 is 1.93 bits per heavy atom. The van der Waals surface area contributed by atoms with Gasteiger partial charge in [-0.15, -0.1) is 11.8 Å². The van der Waals surface area contributed by atoms with E-state index in [2.05, 4.69) is 15.9 Å². The number of benzene rings is 2. The Hall–Kier alpha value is -2.06. The van der Waals surface area contributed by atoms with Gasteiger partial charge in [-0.25, -0.2) is 0 Å². The van der Waals surface area contributed by atoms with Gasteiger partial charge in [0.05, 0.1) is 14.2 Å². The summed E-state index contributed by atoms with van der Waals surface area (Å²) in [6.07, 6.45) is 2.66. The average molecular weight is 494 g/mol. The Kier molecular flexibility index (Phi) is 5.81. The van der Waals surface area contributed by atoms with Crippen molar-refractivity contribution in [3.63, 3.8) is 0 Å². The van der Waals surface area contributed by atoms with E-state index < -0.39 is 4.75 Å². The van der Waals surface area contributed by atoms with E-state index in [0.717, 1.165) is 32.7 Å². The third-order valence-corrected chi connectivity index (χ3v) is 7.76. The quantitative estimate of drug-likeness (QED) is 0.595. The van der Waals surface area contributed by atoms with Crippen molar-refractivity contribution >= 4 is 33.6 Å². The fraction of sp³-hybridized carbons (Fsp3) is 0.409. The van der Waals surface area contributed by atoms with Gasteiger partial charge in [-0.05, 0) is 48.9 Å². The molecule has 0 saturated heterocycles. The molecule has 0 bridgehead atoms. The lowest BCUT2D eigenvalue weighted by Gasteiger charge is -2.41. The molecule has 0 spiro atoms. The molecule has 1 unspecified atom stereocenters. The lowest BCUT2D eigenvalue weighted by Crippen LogP contribution is -2.48. The normalized spacial score (nSPS) is 19.6. The molecule has 0 saturated carbocycles. The topological polar surface area (TPSA) is 57.2 Å². The van der Waals surface area contributed by atoms with E-state index in [1.54, 1.807) is 26.0 Å². The molecule has 4 rings (SSSR count). The first-order chi connectivity index (χ1) is 14.4. The first-order valence-electron chi connectivity index (χ1n) is 9.59. The zero-order chi connectivity index (χ0) is 21.5. The first-order valence-corrected chi connectivity index (χ1v) is 11.6. The summed E-state index contributed by atoms with van der Waals surface area (Å²) >= 11 is 5.16. The molecule has 2 aromatic carbocycles. The summed E-state index contributed by atoms with van der Waals surface area (Å²) in [5.41, 5.74) is 3.05. The van der Waals surface area contributed by atoms with Crippen LogP contribution in [0.2, 0.25) is 0 Å². The molecular weight excluding hydrogens is 470 g/mol. The second kappa shape index (κ2) is 8.23. The lowest BCUT2D eigenvalue weighted by atomic mass is 9.88. The van der Waals surface area contributed by atoms with E-state index in [1.165, 1.54) is 0 Å². The van der Waals surface area contributed by atoms with E-state index in [1.807, 2.05) is 42.3 Å². The Bertz CT molecular complexity index is 998. The van der Waals surface area contributed by atoms with Crippen LogP contribution >= 0.6 is 27.7 Å². The van der Waals surface area contributed by atoms with Gasteiger partial charge in [0.15, 0.2) is 23.0 Å². The number of thioether (sulfide) groups is 1. The number of halogens is 1. The maximum Gasteiger partial charge on any atom is 0.243 e. The molecule has 160 valence electrons. The van der Waals surface area contributed by atoms with Crippen LogP contribution in [0.5, 0.6) is 23.0 Å². The molecule has 8 heteroatoms. The molecule has 0 aliphatic carbocycles. The predicted molar refractivity (Wildman–Crippen MR) is 120 cm³/mol. The maximum absolute atomic E-state index is 13.5. The molecule has 6 nitrogen and oxygen atoms in total. The number of rotatable bonds is 6. The minimum atomic E-state index is -0.681. The number of ether oxygens (including phenoxy) is 4. The highest BCUT2D eigenvalue weighted by Gasteiger charge is 2.44. The Morgan fingerprint density at radius 3 is 2.60 bits per heavy atom. The zero-order valence-electron chi connectivity index (χ0n) is 17.4. The highest BCUT2D eigenvalue weighted by Crippen LogP contribution is 2.47. The van der Waals surface area contributed by atoms with Crippen LogP contribution in [0.3, 0.4) is 0 Å². The number of hydrogen-bond acceptors (Lipinski definition) is 6. The smallest absolute Gasteiger partial charge is 0.243 e. The van der Waals surface area contributed by atoms with Crippen LogP contribution in [0, 0.1) is 0 Å². The van der Waals surface area contributed by atoms with Gasteiger partial charge in [0.2, 0.25) is 12.7 Å². The van der Waals surface area contributed by atoms with E-state index in [9.17, 15) is 4.79 Å². The van der Waals surface area contributed by atoms with Crippen LogP contribution in [0.1, 0.15) is 23.6 Å². The Morgan fingerprint density at radius 1 is 1.20 bits per heavy atom. The van der Waals surface area contributed by atoms with Crippen molar-refractivity contribution in [2.75, 3.05) is 33.8 Å². The number of carbonyl (C=O) groups excluding carboxylic acids is 1. The van der Waals surface area contributed by atoms with Gasteiger partial charge in [0.25, 0.3) is 0 Å². The van der Waals surface area contributed by atoms with Crippen molar-refractivity contribution in [1.29, 1.82) is 0 Å². The minimum absolute atomic E-state index is 0.103. The molecule has 0 fully saturated rings. The molecule has 1 amide bonds. The van der Waals surface area contributed by atoms with Gasteiger partial charge in [-0.3, -0.25) is 4.79 Å². The van der Waals surface area contributed by atoms with Crippen molar-refractivity contribution in [2.45, 2.75) is 24.6 Å². The van der Waals surface area contributed by atoms with E-state index in [-0.39, 0.29) is 12.7 Å². The van der Waals surface area contributed by atoms with E-state index >= 15 is 0 Å². The van der Waals surface area contributed by atoms with Crippen molar-refractivity contribution in [3.05, 3.63) is 45.4 Å². The van der Waals surface area contributed by atoms with Crippen molar-refractivity contribution in [2.24, 2.45) is 0 Å². The molecule has 2 aliphatic rings. The Labute approximate surface area is 188 Å². The van der Waals surface area contributed by atoms with Gasteiger partial charge >= 0.3 is 0 Å². The SMILES string of the molecule is COc1ccc2c(c1OC)CN(CCc1cc3c(cc1Br)OCO3)C(=O)C2(C)SC. The van der Waals surface area contributed by atoms with E-state index in [4.69, 9.17) is 18.9 Å². The highest BCUT2D eigenvalue weighted by atomic mass is 79.9. The number of methoxy groups -OCH3 is 2. The summed E-state index contributed by atoms with van der Waals surface area (Å²) in [7, 11) is 3.26. The first kappa shape index (κ1) is 21.2. The molecule has 2 aliphatic heterocycles. The van der Waals surface area contributed by atoms with Gasteiger partial charge in [-0.1, -0.05) is 22.0 Å². The van der Waals surface area contributed by atoms with Crippen LogP contribution in [0.15, 0.2) is 28.7 Å². The van der Waals surface area contributed by atoms with Gasteiger partial charge in [0.1, 0.15) is 4.75 Å². The molecule has 0 radical (unpaired) electrons. The standard InChI is InChI=1S/C22H24BrNO5S/c1-22(30-4)15-5-6-17(26-2)20(27-3)14(15)11-24(21(22)25)8-7-13-9-18-19(10-16(13)23)29-12-28-18/h5-6,9-10H,7-8,11-12H2,1-4H3.